The number of rotatable bonds is 7. The van der Waals surface area contributed by atoms with Crippen LogP contribution in [0, 0.1) is 10.1 Å². The summed E-state index contributed by atoms with van der Waals surface area (Å²) in [6.07, 6.45) is 1.52. The third-order valence-corrected chi connectivity index (χ3v) is 5.28. The number of amides is 1. The number of carbonyl (C=O) groups is 1. The lowest BCUT2D eigenvalue weighted by molar-refractivity contribution is -0.387. The molecule has 9 heteroatoms. The highest BCUT2D eigenvalue weighted by Gasteiger charge is 2.22. The van der Waals surface area contributed by atoms with Crippen LogP contribution in [0.4, 0.5) is 5.69 Å². The average Bonchev–Trinajstić information content (AvgIpc) is 3.11. The van der Waals surface area contributed by atoms with Crippen molar-refractivity contribution in [2.75, 3.05) is 6.54 Å². The first kappa shape index (κ1) is 19.6. The van der Waals surface area contributed by atoms with Crippen molar-refractivity contribution in [1.29, 1.82) is 0 Å². The van der Waals surface area contributed by atoms with Gasteiger partial charge in [-0.25, -0.2) is 0 Å². The Morgan fingerprint density at radius 2 is 2.00 bits per heavy atom. The molecule has 0 atom stereocenters. The molecule has 1 heterocycles. The summed E-state index contributed by atoms with van der Waals surface area (Å²) in [4.78, 5) is 26.1. The maximum absolute atomic E-state index is 12.9. The van der Waals surface area contributed by atoms with E-state index >= 15 is 0 Å². The number of nitro benzene ring substituents is 1. The Bertz CT molecular complexity index is 990. The van der Waals surface area contributed by atoms with Gasteiger partial charge in [-0.1, -0.05) is 30.3 Å². The van der Waals surface area contributed by atoms with Crippen molar-refractivity contribution in [3.63, 3.8) is 0 Å². The van der Waals surface area contributed by atoms with E-state index in [2.05, 4.69) is 10.2 Å². The number of carbonyl (C=O) groups excluding carboxylic acids is 1. The molecule has 0 fully saturated rings. The smallest absolute Gasteiger partial charge is 0.284 e. The van der Waals surface area contributed by atoms with E-state index in [4.69, 9.17) is 0 Å². The van der Waals surface area contributed by atoms with Gasteiger partial charge < -0.3 is 9.47 Å². The summed E-state index contributed by atoms with van der Waals surface area (Å²) in [5, 5.41) is 19.8. The van der Waals surface area contributed by atoms with Gasteiger partial charge in [0.15, 0.2) is 5.16 Å². The van der Waals surface area contributed by atoms with Crippen molar-refractivity contribution in [1.82, 2.24) is 19.7 Å². The average molecular weight is 397 g/mol. The normalized spacial score (nSPS) is 10.6. The molecule has 8 nitrogen and oxygen atoms in total. The van der Waals surface area contributed by atoms with Gasteiger partial charge in [-0.2, -0.15) is 0 Å². The summed E-state index contributed by atoms with van der Waals surface area (Å²) in [6.45, 7) is 2.82. The maximum Gasteiger partial charge on any atom is 0.284 e. The fourth-order valence-corrected chi connectivity index (χ4v) is 3.51. The second-order valence-electron chi connectivity index (χ2n) is 6.07. The minimum Gasteiger partial charge on any atom is -0.335 e. The Balaban J connectivity index is 1.86. The van der Waals surface area contributed by atoms with E-state index in [0.717, 1.165) is 17.3 Å². The third-order valence-electron chi connectivity index (χ3n) is 4.16. The van der Waals surface area contributed by atoms with Crippen molar-refractivity contribution in [2.45, 2.75) is 23.5 Å². The van der Waals surface area contributed by atoms with Gasteiger partial charge in [-0.15, -0.1) is 10.2 Å². The molecule has 1 aromatic heterocycles. The quantitative estimate of drug-likeness (QED) is 0.447. The molecule has 0 N–H and O–H groups in total. The lowest BCUT2D eigenvalue weighted by Gasteiger charge is -2.21. The number of nitrogens with zero attached hydrogens (tertiary/aromatic N) is 5. The van der Waals surface area contributed by atoms with Crippen LogP contribution in [0.5, 0.6) is 0 Å². The van der Waals surface area contributed by atoms with Gasteiger partial charge in [-0.05, 0) is 36.4 Å². The molecule has 0 saturated carbocycles. The zero-order chi connectivity index (χ0) is 20.1. The first-order valence-electron chi connectivity index (χ1n) is 8.63. The molecule has 0 radical (unpaired) electrons. The molecule has 1 amide bonds. The van der Waals surface area contributed by atoms with Crippen LogP contribution in [0.1, 0.15) is 22.8 Å². The van der Waals surface area contributed by atoms with Crippen molar-refractivity contribution < 1.29 is 9.72 Å². The van der Waals surface area contributed by atoms with E-state index in [1.807, 2.05) is 37.3 Å². The minimum atomic E-state index is -0.483. The molecule has 3 aromatic rings. The number of hydrogen-bond donors (Lipinski definition) is 0. The molecule has 2 aromatic carbocycles. The number of aryl methyl sites for hydroxylation is 1. The minimum absolute atomic E-state index is 0.130. The molecular weight excluding hydrogens is 378 g/mol. The van der Waals surface area contributed by atoms with Crippen LogP contribution in [0.2, 0.25) is 0 Å². The Labute approximate surface area is 166 Å². The van der Waals surface area contributed by atoms with Crippen LogP contribution >= 0.6 is 11.8 Å². The van der Waals surface area contributed by atoms with Gasteiger partial charge >= 0.3 is 0 Å². The summed E-state index contributed by atoms with van der Waals surface area (Å²) in [5.74, 6) is -0.246. The molecule has 0 saturated heterocycles. The third kappa shape index (κ3) is 4.37. The molecule has 0 unspecified atom stereocenters. The Morgan fingerprint density at radius 1 is 1.25 bits per heavy atom. The van der Waals surface area contributed by atoms with Gasteiger partial charge in [0.1, 0.15) is 6.33 Å². The van der Waals surface area contributed by atoms with E-state index in [-0.39, 0.29) is 17.2 Å². The number of hydrogen-bond acceptors (Lipinski definition) is 6. The standard InChI is InChI=1S/C19H19N5O3S/c1-3-23(12-14-7-5-4-6-8-14)18(25)15-9-10-17(16(11-15)24(26)27)28-19-21-20-13-22(19)2/h4-11,13H,3,12H2,1-2H3. The first-order chi connectivity index (χ1) is 13.5. The van der Waals surface area contributed by atoms with Gasteiger partial charge in [0.05, 0.1) is 9.82 Å². The summed E-state index contributed by atoms with van der Waals surface area (Å²) in [5.41, 5.74) is 1.16. The topological polar surface area (TPSA) is 94.2 Å². The SMILES string of the molecule is CCN(Cc1ccccc1)C(=O)c1ccc(Sc2nncn2C)c([N+](=O)[O-])c1. The molecular formula is C19H19N5O3S. The fourth-order valence-electron chi connectivity index (χ4n) is 2.66. The van der Waals surface area contributed by atoms with Gasteiger partial charge in [0, 0.05) is 31.8 Å². The van der Waals surface area contributed by atoms with Gasteiger partial charge in [-0.3, -0.25) is 14.9 Å². The molecule has 0 spiro atoms. The van der Waals surface area contributed by atoms with Crippen LogP contribution in [0.15, 0.2) is 64.9 Å². The van der Waals surface area contributed by atoms with Gasteiger partial charge in [0.25, 0.3) is 11.6 Å². The van der Waals surface area contributed by atoms with Crippen molar-refractivity contribution in [2.24, 2.45) is 7.05 Å². The van der Waals surface area contributed by atoms with Crippen molar-refractivity contribution in [3.05, 3.63) is 76.1 Å². The molecule has 0 bridgehead atoms. The summed E-state index contributed by atoms with van der Waals surface area (Å²) in [6, 6.07) is 14.2. The Kier molecular flexibility index (Phi) is 6.05. The second kappa shape index (κ2) is 8.66. The van der Waals surface area contributed by atoms with Crippen molar-refractivity contribution >= 4 is 23.4 Å². The van der Waals surface area contributed by atoms with E-state index in [1.54, 1.807) is 28.6 Å². The molecule has 28 heavy (non-hydrogen) atoms. The van der Waals surface area contributed by atoms with E-state index < -0.39 is 4.92 Å². The zero-order valence-corrected chi connectivity index (χ0v) is 16.3. The molecule has 144 valence electrons. The summed E-state index contributed by atoms with van der Waals surface area (Å²) in [7, 11) is 1.76. The van der Waals surface area contributed by atoms with Crippen LogP contribution in [0.3, 0.4) is 0 Å². The van der Waals surface area contributed by atoms with Crippen LogP contribution in [-0.4, -0.2) is 37.0 Å². The van der Waals surface area contributed by atoms with E-state index in [1.165, 1.54) is 12.4 Å². The van der Waals surface area contributed by atoms with E-state index in [0.29, 0.717) is 23.1 Å². The molecule has 0 aliphatic rings. The Hall–Kier alpha value is -3.20. The van der Waals surface area contributed by atoms with Gasteiger partial charge in [0.2, 0.25) is 0 Å². The lowest BCUT2D eigenvalue weighted by atomic mass is 10.1. The monoisotopic (exact) mass is 397 g/mol. The predicted molar refractivity (Wildman–Crippen MR) is 105 cm³/mol. The highest BCUT2D eigenvalue weighted by molar-refractivity contribution is 7.99. The van der Waals surface area contributed by atoms with Crippen molar-refractivity contribution in [3.8, 4) is 0 Å². The largest absolute Gasteiger partial charge is 0.335 e. The lowest BCUT2D eigenvalue weighted by Crippen LogP contribution is -2.30. The molecule has 0 aliphatic carbocycles. The first-order valence-corrected chi connectivity index (χ1v) is 9.44. The van der Waals surface area contributed by atoms with E-state index in [9.17, 15) is 14.9 Å². The number of nitro groups is 1. The predicted octanol–water partition coefficient (Wildman–Crippen LogP) is 3.54. The highest BCUT2D eigenvalue weighted by Crippen LogP contribution is 2.34. The highest BCUT2D eigenvalue weighted by atomic mass is 32.2. The molecule has 3 rings (SSSR count). The Morgan fingerprint density at radius 3 is 2.61 bits per heavy atom. The van der Waals surface area contributed by atoms with Crippen LogP contribution < -0.4 is 0 Å². The summed E-state index contributed by atoms with van der Waals surface area (Å²) < 4.78 is 1.67. The number of benzene rings is 2. The van der Waals surface area contributed by atoms with Crippen LogP contribution in [0.25, 0.3) is 0 Å². The summed E-state index contributed by atoms with van der Waals surface area (Å²) >= 11 is 1.14. The number of aromatic nitrogens is 3. The maximum atomic E-state index is 12.9. The zero-order valence-electron chi connectivity index (χ0n) is 15.5. The van der Waals surface area contributed by atoms with Crippen LogP contribution in [-0.2, 0) is 13.6 Å². The fraction of sp³-hybridized carbons (Fsp3) is 0.211. The second-order valence-corrected chi connectivity index (χ2v) is 7.08. The molecule has 0 aliphatic heterocycles.